The number of esters is 1. The number of carbonyl (C=O) groups is 3. The first kappa shape index (κ1) is 22.1. The van der Waals surface area contributed by atoms with E-state index in [4.69, 9.17) is 4.74 Å². The molecule has 0 spiro atoms. The minimum atomic E-state index is -0.867. The normalized spacial score (nSPS) is 11.4. The predicted octanol–water partition coefficient (Wildman–Crippen LogP) is 3.64. The second kappa shape index (κ2) is 11.0. The van der Waals surface area contributed by atoms with E-state index in [-0.39, 0.29) is 5.91 Å². The average Bonchev–Trinajstić information content (AvgIpc) is 2.71. The number of anilines is 1. The molecule has 0 fully saturated rings. The fourth-order valence-electron chi connectivity index (χ4n) is 2.72. The van der Waals surface area contributed by atoms with Gasteiger partial charge in [0.1, 0.15) is 6.04 Å². The Morgan fingerprint density at radius 2 is 1.79 bits per heavy atom. The molecule has 0 radical (unpaired) electrons. The van der Waals surface area contributed by atoms with Gasteiger partial charge in [-0.05, 0) is 56.5 Å². The van der Waals surface area contributed by atoms with Gasteiger partial charge in [0, 0.05) is 11.3 Å². The number of carbonyl (C=O) groups excluding carboxylic acids is 3. The molecule has 1 atom stereocenters. The number of amides is 2. The van der Waals surface area contributed by atoms with Crippen molar-refractivity contribution in [3.05, 3.63) is 65.2 Å². The highest BCUT2D eigenvalue weighted by atomic mass is 16.5. The van der Waals surface area contributed by atoms with E-state index in [9.17, 15) is 14.4 Å². The monoisotopic (exact) mass is 396 g/mol. The standard InChI is InChI=1S/C23H28N2O4/c1-4-5-8-18-10-12-20(13-11-18)25-21(26)15-29-23(28)17(3)24-22(27)19-9-6-7-16(2)14-19/h6-7,9-14,17H,4-5,8,15H2,1-3H3,(H,24,27)(H,25,26)/t17-/m0/s1. The molecule has 0 aliphatic carbocycles. The number of benzene rings is 2. The van der Waals surface area contributed by atoms with Crippen molar-refractivity contribution in [1.29, 1.82) is 0 Å². The van der Waals surface area contributed by atoms with Crippen molar-refractivity contribution in [1.82, 2.24) is 5.32 Å². The van der Waals surface area contributed by atoms with Crippen LogP contribution in [0.1, 0.15) is 48.2 Å². The van der Waals surface area contributed by atoms with Crippen LogP contribution in [-0.2, 0) is 20.7 Å². The molecule has 0 saturated heterocycles. The van der Waals surface area contributed by atoms with Gasteiger partial charge in [-0.2, -0.15) is 0 Å². The third-order valence-corrected chi connectivity index (χ3v) is 4.38. The van der Waals surface area contributed by atoms with Gasteiger partial charge in [-0.1, -0.05) is 43.2 Å². The summed E-state index contributed by atoms with van der Waals surface area (Å²) in [6.07, 6.45) is 3.27. The third kappa shape index (κ3) is 7.41. The van der Waals surface area contributed by atoms with Gasteiger partial charge in [0.2, 0.25) is 0 Å². The summed E-state index contributed by atoms with van der Waals surface area (Å²) < 4.78 is 5.01. The van der Waals surface area contributed by atoms with Gasteiger partial charge in [0.25, 0.3) is 11.8 Å². The number of hydrogen-bond acceptors (Lipinski definition) is 4. The molecule has 6 nitrogen and oxygen atoms in total. The minimum absolute atomic E-state index is 0.370. The molecule has 29 heavy (non-hydrogen) atoms. The highest BCUT2D eigenvalue weighted by Gasteiger charge is 2.19. The Kier molecular flexibility index (Phi) is 8.40. The molecule has 0 aliphatic heterocycles. The van der Waals surface area contributed by atoms with Gasteiger partial charge in [0.05, 0.1) is 0 Å². The maximum absolute atomic E-state index is 12.2. The van der Waals surface area contributed by atoms with Gasteiger partial charge in [0.15, 0.2) is 6.61 Å². The molecule has 0 saturated carbocycles. The van der Waals surface area contributed by atoms with Gasteiger partial charge in [-0.25, -0.2) is 4.79 Å². The smallest absolute Gasteiger partial charge is 0.328 e. The van der Waals surface area contributed by atoms with Crippen molar-refractivity contribution in [2.24, 2.45) is 0 Å². The van der Waals surface area contributed by atoms with E-state index in [0.717, 1.165) is 24.8 Å². The quantitative estimate of drug-likeness (QED) is 0.634. The van der Waals surface area contributed by atoms with Crippen molar-refractivity contribution in [3.8, 4) is 0 Å². The molecular formula is C23H28N2O4. The third-order valence-electron chi connectivity index (χ3n) is 4.38. The molecule has 2 rings (SSSR count). The zero-order chi connectivity index (χ0) is 21.2. The molecule has 0 aromatic heterocycles. The Hall–Kier alpha value is -3.15. The fourth-order valence-corrected chi connectivity index (χ4v) is 2.72. The van der Waals surface area contributed by atoms with Gasteiger partial charge >= 0.3 is 5.97 Å². The van der Waals surface area contributed by atoms with E-state index in [2.05, 4.69) is 17.6 Å². The fraction of sp³-hybridized carbons (Fsp3) is 0.348. The Balaban J connectivity index is 1.77. The lowest BCUT2D eigenvalue weighted by atomic mass is 10.1. The first-order chi connectivity index (χ1) is 13.9. The van der Waals surface area contributed by atoms with Crippen LogP contribution in [0, 0.1) is 6.92 Å². The molecule has 0 aliphatic rings. The highest BCUT2D eigenvalue weighted by Crippen LogP contribution is 2.12. The lowest BCUT2D eigenvalue weighted by Gasteiger charge is -2.14. The minimum Gasteiger partial charge on any atom is -0.454 e. The molecule has 0 unspecified atom stereocenters. The Labute approximate surface area is 171 Å². The summed E-state index contributed by atoms with van der Waals surface area (Å²) in [7, 11) is 0. The highest BCUT2D eigenvalue weighted by molar-refractivity contribution is 5.97. The van der Waals surface area contributed by atoms with Crippen LogP contribution in [0.15, 0.2) is 48.5 Å². The molecule has 0 heterocycles. The molecule has 2 aromatic carbocycles. The van der Waals surface area contributed by atoms with Crippen molar-refractivity contribution in [2.75, 3.05) is 11.9 Å². The van der Waals surface area contributed by atoms with Gasteiger partial charge in [-0.15, -0.1) is 0 Å². The number of unbranched alkanes of at least 4 members (excludes halogenated alkanes) is 1. The van der Waals surface area contributed by atoms with E-state index in [1.54, 1.807) is 18.2 Å². The zero-order valence-electron chi connectivity index (χ0n) is 17.2. The Morgan fingerprint density at radius 1 is 1.07 bits per heavy atom. The maximum atomic E-state index is 12.2. The lowest BCUT2D eigenvalue weighted by molar-refractivity contribution is -0.148. The van der Waals surface area contributed by atoms with E-state index in [1.807, 2.05) is 37.3 Å². The van der Waals surface area contributed by atoms with Crippen molar-refractivity contribution in [2.45, 2.75) is 46.1 Å². The number of rotatable bonds is 9. The van der Waals surface area contributed by atoms with Crippen LogP contribution in [0.25, 0.3) is 0 Å². The zero-order valence-corrected chi connectivity index (χ0v) is 17.2. The van der Waals surface area contributed by atoms with E-state index in [0.29, 0.717) is 11.3 Å². The number of hydrogen-bond donors (Lipinski definition) is 2. The van der Waals surface area contributed by atoms with Crippen LogP contribution in [0.5, 0.6) is 0 Å². The SMILES string of the molecule is CCCCc1ccc(NC(=O)COC(=O)[C@H](C)NC(=O)c2cccc(C)c2)cc1. The summed E-state index contributed by atoms with van der Waals surface area (Å²) in [6, 6.07) is 13.8. The van der Waals surface area contributed by atoms with Crippen LogP contribution in [-0.4, -0.2) is 30.4 Å². The van der Waals surface area contributed by atoms with Crippen molar-refractivity contribution >= 4 is 23.5 Å². The largest absolute Gasteiger partial charge is 0.454 e. The van der Waals surface area contributed by atoms with Crippen LogP contribution >= 0.6 is 0 Å². The van der Waals surface area contributed by atoms with Crippen LogP contribution in [0.3, 0.4) is 0 Å². The predicted molar refractivity (Wildman–Crippen MR) is 113 cm³/mol. The Bertz CT molecular complexity index is 846. The topological polar surface area (TPSA) is 84.5 Å². The summed E-state index contributed by atoms with van der Waals surface area (Å²) in [5.41, 5.74) is 3.27. The molecule has 6 heteroatoms. The van der Waals surface area contributed by atoms with E-state index in [1.165, 1.54) is 12.5 Å². The van der Waals surface area contributed by atoms with Crippen LogP contribution < -0.4 is 10.6 Å². The number of ether oxygens (including phenoxy) is 1. The van der Waals surface area contributed by atoms with Gasteiger partial charge < -0.3 is 15.4 Å². The summed E-state index contributed by atoms with van der Waals surface area (Å²) in [4.78, 5) is 36.2. The Morgan fingerprint density at radius 3 is 2.45 bits per heavy atom. The second-order valence-electron chi connectivity index (χ2n) is 7.02. The maximum Gasteiger partial charge on any atom is 0.328 e. The lowest BCUT2D eigenvalue weighted by Crippen LogP contribution is -2.40. The number of aryl methyl sites for hydroxylation is 2. The van der Waals surface area contributed by atoms with Crippen LogP contribution in [0.2, 0.25) is 0 Å². The molecule has 0 bridgehead atoms. The molecule has 2 amide bonds. The summed E-state index contributed by atoms with van der Waals surface area (Å²) in [6.45, 7) is 5.13. The molecule has 2 N–H and O–H groups in total. The average molecular weight is 396 g/mol. The second-order valence-corrected chi connectivity index (χ2v) is 7.02. The molecular weight excluding hydrogens is 368 g/mol. The van der Waals surface area contributed by atoms with Crippen molar-refractivity contribution in [3.63, 3.8) is 0 Å². The molecule has 154 valence electrons. The van der Waals surface area contributed by atoms with Gasteiger partial charge in [-0.3, -0.25) is 9.59 Å². The summed E-state index contributed by atoms with van der Waals surface area (Å²) in [5.74, 6) is -1.47. The van der Waals surface area contributed by atoms with E-state index >= 15 is 0 Å². The first-order valence-electron chi connectivity index (χ1n) is 9.82. The van der Waals surface area contributed by atoms with E-state index < -0.39 is 24.5 Å². The van der Waals surface area contributed by atoms with Crippen molar-refractivity contribution < 1.29 is 19.1 Å². The van der Waals surface area contributed by atoms with Crippen LogP contribution in [0.4, 0.5) is 5.69 Å². The first-order valence-corrected chi connectivity index (χ1v) is 9.82. The summed E-state index contributed by atoms with van der Waals surface area (Å²) >= 11 is 0. The molecule has 2 aromatic rings. The summed E-state index contributed by atoms with van der Waals surface area (Å²) in [5, 5.41) is 5.26. The number of nitrogens with one attached hydrogen (secondary N) is 2.